The van der Waals surface area contributed by atoms with Crippen LogP contribution in [0, 0.1) is 0 Å². The van der Waals surface area contributed by atoms with Crippen LogP contribution in [0.25, 0.3) is 21.7 Å². The van der Waals surface area contributed by atoms with E-state index < -0.39 is 0 Å². The van der Waals surface area contributed by atoms with Crippen LogP contribution in [0.1, 0.15) is 26.2 Å². The topological polar surface area (TPSA) is 51.5 Å². The average molecular weight is 373 g/mol. The number of hydrogen-bond donors (Lipinski definition) is 1. The Balaban J connectivity index is 1.66. The Bertz CT molecular complexity index is 1170. The molecule has 0 saturated carbocycles. The van der Waals surface area contributed by atoms with Crippen molar-refractivity contribution in [2.75, 3.05) is 11.9 Å². The van der Waals surface area contributed by atoms with E-state index in [2.05, 4.69) is 30.1 Å². The summed E-state index contributed by atoms with van der Waals surface area (Å²) in [6, 6.07) is 11.4. The molecule has 1 aliphatic rings. The Labute approximate surface area is 163 Å². The van der Waals surface area contributed by atoms with Crippen molar-refractivity contribution in [3.05, 3.63) is 82.9 Å². The lowest BCUT2D eigenvalue weighted by atomic mass is 10.1. The van der Waals surface area contributed by atoms with Crippen LogP contribution in [0.2, 0.25) is 0 Å². The van der Waals surface area contributed by atoms with Gasteiger partial charge in [-0.15, -0.1) is 0 Å². The Morgan fingerprint density at radius 3 is 2.82 bits per heavy atom. The predicted octanol–water partition coefficient (Wildman–Crippen LogP) is 5.94. The fourth-order valence-corrected chi connectivity index (χ4v) is 3.32. The van der Waals surface area contributed by atoms with Crippen molar-refractivity contribution in [2.24, 2.45) is 0 Å². The van der Waals surface area contributed by atoms with Gasteiger partial charge in [0.25, 0.3) is 0 Å². The Kier molecular flexibility index (Phi) is 5.02. The molecule has 0 saturated heterocycles. The number of benzene rings is 2. The molecule has 0 aliphatic heterocycles. The molecule has 0 spiro atoms. The van der Waals surface area contributed by atoms with Crippen molar-refractivity contribution in [3.63, 3.8) is 0 Å². The smallest absolute Gasteiger partial charge is 0.344 e. The van der Waals surface area contributed by atoms with Gasteiger partial charge in [0, 0.05) is 28.2 Å². The first-order chi connectivity index (χ1) is 13.6. The quantitative estimate of drug-likeness (QED) is 0.429. The van der Waals surface area contributed by atoms with Crippen molar-refractivity contribution in [3.8, 4) is 5.75 Å². The van der Waals surface area contributed by atoms with Gasteiger partial charge in [0.2, 0.25) is 0 Å². The fraction of sp³-hybridized carbons (Fsp3) is 0.208. The number of anilines is 1. The first-order valence-electron chi connectivity index (χ1n) is 9.57. The van der Waals surface area contributed by atoms with Crippen LogP contribution < -0.4 is 15.7 Å². The van der Waals surface area contributed by atoms with Crippen molar-refractivity contribution in [2.45, 2.75) is 26.2 Å². The molecule has 0 fully saturated rings. The number of rotatable bonds is 6. The zero-order valence-electron chi connectivity index (χ0n) is 16.0. The minimum absolute atomic E-state index is 0.356. The van der Waals surface area contributed by atoms with Crippen LogP contribution in [-0.4, -0.2) is 6.61 Å². The monoisotopic (exact) mass is 373 g/mol. The first-order valence-corrected chi connectivity index (χ1v) is 9.57. The summed E-state index contributed by atoms with van der Waals surface area (Å²) in [6.45, 7) is 6.52. The molecular weight excluding hydrogens is 350 g/mol. The molecule has 1 heterocycles. The molecule has 3 aromatic rings. The Morgan fingerprint density at radius 1 is 1.18 bits per heavy atom. The molecule has 142 valence electrons. The van der Waals surface area contributed by atoms with Gasteiger partial charge in [0.15, 0.2) is 0 Å². The average Bonchev–Trinajstić information content (AvgIpc) is 2.73. The molecule has 1 aromatic heterocycles. The molecule has 28 heavy (non-hydrogen) atoms. The summed E-state index contributed by atoms with van der Waals surface area (Å²) in [4.78, 5) is 12.5. The zero-order chi connectivity index (χ0) is 19.5. The molecule has 0 bridgehead atoms. The second kappa shape index (κ2) is 7.77. The van der Waals surface area contributed by atoms with Gasteiger partial charge in [-0.2, -0.15) is 0 Å². The van der Waals surface area contributed by atoms with Crippen LogP contribution in [0.4, 0.5) is 5.69 Å². The van der Waals surface area contributed by atoms with E-state index in [-0.39, 0.29) is 5.63 Å². The largest absolute Gasteiger partial charge is 0.489 e. The highest BCUT2D eigenvalue weighted by Gasteiger charge is 2.10. The SMILES string of the molecule is C=C(CC)Nc1ccc2c(c1)c(=O)oc1cc(OCC3=CC=CCC3)ccc12. The maximum absolute atomic E-state index is 12.5. The van der Waals surface area contributed by atoms with Gasteiger partial charge in [0.05, 0.1) is 5.39 Å². The van der Waals surface area contributed by atoms with Gasteiger partial charge in [-0.1, -0.05) is 37.8 Å². The predicted molar refractivity (Wildman–Crippen MR) is 115 cm³/mol. The van der Waals surface area contributed by atoms with Crippen molar-refractivity contribution in [1.29, 1.82) is 0 Å². The van der Waals surface area contributed by atoms with Gasteiger partial charge in [-0.05, 0) is 49.1 Å². The summed E-state index contributed by atoms with van der Waals surface area (Å²) in [7, 11) is 0. The van der Waals surface area contributed by atoms with Crippen LogP contribution in [0.3, 0.4) is 0 Å². The van der Waals surface area contributed by atoms with Crippen molar-refractivity contribution >= 4 is 27.4 Å². The second-order valence-corrected chi connectivity index (χ2v) is 6.97. The third-order valence-electron chi connectivity index (χ3n) is 4.96. The van der Waals surface area contributed by atoms with Gasteiger partial charge < -0.3 is 14.5 Å². The molecule has 1 N–H and O–H groups in total. The molecule has 4 rings (SSSR count). The summed E-state index contributed by atoms with van der Waals surface area (Å²) >= 11 is 0. The van der Waals surface area contributed by atoms with E-state index in [9.17, 15) is 4.79 Å². The van der Waals surface area contributed by atoms with E-state index in [1.54, 1.807) is 6.07 Å². The number of allylic oxidation sites excluding steroid dienone is 4. The van der Waals surface area contributed by atoms with Gasteiger partial charge in [-0.3, -0.25) is 0 Å². The molecular formula is C24H23NO3. The van der Waals surface area contributed by atoms with E-state index in [4.69, 9.17) is 9.15 Å². The zero-order valence-corrected chi connectivity index (χ0v) is 16.0. The second-order valence-electron chi connectivity index (χ2n) is 6.97. The maximum Gasteiger partial charge on any atom is 0.344 e. The van der Waals surface area contributed by atoms with E-state index in [0.29, 0.717) is 23.3 Å². The number of nitrogens with one attached hydrogen (secondary N) is 1. The molecule has 0 radical (unpaired) electrons. The summed E-state index contributed by atoms with van der Waals surface area (Å²) in [6.07, 6.45) is 9.20. The lowest BCUT2D eigenvalue weighted by Crippen LogP contribution is -2.04. The summed E-state index contributed by atoms with van der Waals surface area (Å²) in [5, 5.41) is 5.52. The first kappa shape index (κ1) is 18.1. The molecule has 1 aliphatic carbocycles. The lowest BCUT2D eigenvalue weighted by Gasteiger charge is -2.12. The van der Waals surface area contributed by atoms with Gasteiger partial charge >= 0.3 is 5.63 Å². The molecule has 0 amide bonds. The standard InChI is InChI=1S/C24H23NO3/c1-3-16(2)25-18-9-11-20-21-12-10-19(27-15-17-7-5-4-6-8-17)14-23(21)28-24(26)22(20)13-18/h4-5,7,9-14,25H,2-3,6,8,15H2,1H3. The van der Waals surface area contributed by atoms with Crippen molar-refractivity contribution in [1.82, 2.24) is 0 Å². The van der Waals surface area contributed by atoms with E-state index >= 15 is 0 Å². The molecule has 4 heteroatoms. The van der Waals surface area contributed by atoms with Crippen molar-refractivity contribution < 1.29 is 9.15 Å². The van der Waals surface area contributed by atoms with Crippen LogP contribution >= 0.6 is 0 Å². The van der Waals surface area contributed by atoms with Crippen LogP contribution in [-0.2, 0) is 0 Å². The molecule has 2 aromatic carbocycles. The van der Waals surface area contributed by atoms with Gasteiger partial charge in [-0.25, -0.2) is 4.79 Å². The number of hydrogen-bond acceptors (Lipinski definition) is 4. The van der Waals surface area contributed by atoms with E-state index in [0.717, 1.165) is 41.4 Å². The van der Waals surface area contributed by atoms with E-state index in [1.165, 1.54) is 5.57 Å². The summed E-state index contributed by atoms with van der Waals surface area (Å²) in [5.41, 5.74) is 3.17. The minimum Gasteiger partial charge on any atom is -0.489 e. The molecule has 0 unspecified atom stereocenters. The third kappa shape index (κ3) is 3.72. The van der Waals surface area contributed by atoms with Crippen LogP contribution in [0.15, 0.2) is 81.7 Å². The summed E-state index contributed by atoms with van der Waals surface area (Å²) < 4.78 is 11.5. The maximum atomic E-state index is 12.5. The highest BCUT2D eigenvalue weighted by molar-refractivity contribution is 6.05. The van der Waals surface area contributed by atoms with Crippen LogP contribution in [0.5, 0.6) is 5.75 Å². The Morgan fingerprint density at radius 2 is 2.04 bits per heavy atom. The fourth-order valence-electron chi connectivity index (χ4n) is 3.32. The van der Waals surface area contributed by atoms with E-state index in [1.807, 2.05) is 37.3 Å². The van der Waals surface area contributed by atoms with Gasteiger partial charge in [0.1, 0.15) is 17.9 Å². The Hall–Kier alpha value is -3.27. The summed E-state index contributed by atoms with van der Waals surface area (Å²) in [5.74, 6) is 0.697. The molecule has 0 atom stereocenters. The normalized spacial score (nSPS) is 13.5. The molecule has 4 nitrogen and oxygen atoms in total. The highest BCUT2D eigenvalue weighted by Crippen LogP contribution is 2.28. The highest BCUT2D eigenvalue weighted by atomic mass is 16.5. The number of fused-ring (bicyclic) bond motifs is 3. The lowest BCUT2D eigenvalue weighted by molar-refractivity contribution is 0.347. The minimum atomic E-state index is -0.356. The third-order valence-corrected chi connectivity index (χ3v) is 4.96. The number of ether oxygens (including phenoxy) is 1.